The first-order valence-corrected chi connectivity index (χ1v) is 7.05. The van der Waals surface area contributed by atoms with Gasteiger partial charge in [0.1, 0.15) is 0 Å². The second-order valence-electron chi connectivity index (χ2n) is 5.12. The van der Waals surface area contributed by atoms with Gasteiger partial charge in [0.05, 0.1) is 17.3 Å². The average Bonchev–Trinajstić information content (AvgIpc) is 2.51. The molecule has 0 aliphatic rings. The number of para-hydroxylation sites is 1. The zero-order valence-electron chi connectivity index (χ0n) is 12.5. The van der Waals surface area contributed by atoms with Gasteiger partial charge in [-0.05, 0) is 26.1 Å². The van der Waals surface area contributed by atoms with Crippen molar-refractivity contribution < 1.29 is 4.79 Å². The van der Waals surface area contributed by atoms with Crippen molar-refractivity contribution in [3.8, 4) is 0 Å². The third-order valence-corrected chi connectivity index (χ3v) is 3.53. The number of fused-ring (bicyclic) bond motifs is 1. The molecule has 1 aromatic heterocycles. The maximum atomic E-state index is 11.9. The Hall–Kier alpha value is -2.20. The highest BCUT2D eigenvalue weighted by atomic mass is 16.2. The standard InChI is InChI=1S/C17H21N3O/c1-4-11-18-17(21)13(2)20(3)12-15-10-9-14-7-5-6-8-16(14)19-15/h4-10,13H,1,11-12H2,2-3H3,(H,18,21). The van der Waals surface area contributed by atoms with Crippen LogP contribution in [0.15, 0.2) is 49.1 Å². The van der Waals surface area contributed by atoms with Gasteiger partial charge in [-0.1, -0.05) is 30.3 Å². The molecule has 4 heteroatoms. The maximum Gasteiger partial charge on any atom is 0.237 e. The molecule has 0 aliphatic heterocycles. The van der Waals surface area contributed by atoms with Crippen LogP contribution in [0, 0.1) is 0 Å². The van der Waals surface area contributed by atoms with Crippen molar-refractivity contribution in [2.45, 2.75) is 19.5 Å². The van der Waals surface area contributed by atoms with Crippen LogP contribution < -0.4 is 5.32 Å². The molecule has 1 heterocycles. The summed E-state index contributed by atoms with van der Waals surface area (Å²) >= 11 is 0. The highest BCUT2D eigenvalue weighted by Crippen LogP contribution is 2.13. The molecular formula is C17H21N3O. The summed E-state index contributed by atoms with van der Waals surface area (Å²) in [5, 5.41) is 3.93. The first-order chi connectivity index (χ1) is 10.1. The Balaban J connectivity index is 2.04. The van der Waals surface area contributed by atoms with Crippen LogP contribution in [0.2, 0.25) is 0 Å². The molecule has 21 heavy (non-hydrogen) atoms. The molecule has 110 valence electrons. The molecule has 1 unspecified atom stereocenters. The van der Waals surface area contributed by atoms with Crippen LogP contribution in [-0.2, 0) is 11.3 Å². The van der Waals surface area contributed by atoms with Crippen molar-refractivity contribution in [1.82, 2.24) is 15.2 Å². The van der Waals surface area contributed by atoms with Crippen molar-refractivity contribution in [3.05, 3.63) is 54.7 Å². The fraction of sp³-hybridized carbons (Fsp3) is 0.294. The van der Waals surface area contributed by atoms with Crippen molar-refractivity contribution in [2.75, 3.05) is 13.6 Å². The molecule has 0 aliphatic carbocycles. The second kappa shape index (κ2) is 6.99. The number of nitrogens with zero attached hydrogens (tertiary/aromatic N) is 2. The third-order valence-electron chi connectivity index (χ3n) is 3.53. The molecule has 0 spiro atoms. The zero-order chi connectivity index (χ0) is 15.2. The van der Waals surface area contributed by atoms with Gasteiger partial charge >= 0.3 is 0 Å². The van der Waals surface area contributed by atoms with E-state index in [-0.39, 0.29) is 11.9 Å². The predicted molar refractivity (Wildman–Crippen MR) is 85.9 cm³/mol. The summed E-state index contributed by atoms with van der Waals surface area (Å²) in [6.07, 6.45) is 1.68. The van der Waals surface area contributed by atoms with E-state index in [2.05, 4.69) is 22.9 Å². The van der Waals surface area contributed by atoms with Gasteiger partial charge in [-0.15, -0.1) is 6.58 Å². The Kier molecular flexibility index (Phi) is 5.06. The molecule has 0 bridgehead atoms. The monoisotopic (exact) mass is 283 g/mol. The summed E-state index contributed by atoms with van der Waals surface area (Å²) in [5.41, 5.74) is 1.94. The molecule has 2 rings (SSSR count). The van der Waals surface area contributed by atoms with Crippen LogP contribution in [0.3, 0.4) is 0 Å². The van der Waals surface area contributed by atoms with Crippen molar-refractivity contribution in [3.63, 3.8) is 0 Å². The minimum absolute atomic E-state index is 0.00168. The van der Waals surface area contributed by atoms with Gasteiger partial charge in [-0.2, -0.15) is 0 Å². The van der Waals surface area contributed by atoms with Crippen LogP contribution in [0.4, 0.5) is 0 Å². The van der Waals surface area contributed by atoms with Gasteiger partial charge in [-0.3, -0.25) is 14.7 Å². The fourth-order valence-corrected chi connectivity index (χ4v) is 2.11. The van der Waals surface area contributed by atoms with Gasteiger partial charge in [0.2, 0.25) is 5.91 Å². The van der Waals surface area contributed by atoms with Gasteiger partial charge in [0.15, 0.2) is 0 Å². The van der Waals surface area contributed by atoms with Crippen LogP contribution in [0.1, 0.15) is 12.6 Å². The summed E-state index contributed by atoms with van der Waals surface area (Å²) in [5.74, 6) is -0.00168. The van der Waals surface area contributed by atoms with E-state index in [9.17, 15) is 4.79 Å². The number of rotatable bonds is 6. The predicted octanol–water partition coefficient (Wildman–Crippen LogP) is 2.36. The van der Waals surface area contributed by atoms with Gasteiger partial charge in [0.25, 0.3) is 0 Å². The summed E-state index contributed by atoms with van der Waals surface area (Å²) in [4.78, 5) is 18.5. The van der Waals surface area contributed by atoms with Gasteiger partial charge in [-0.25, -0.2) is 0 Å². The number of hydrogen-bond acceptors (Lipinski definition) is 3. The first-order valence-electron chi connectivity index (χ1n) is 7.05. The number of benzene rings is 1. The lowest BCUT2D eigenvalue weighted by Crippen LogP contribution is -2.43. The molecule has 4 nitrogen and oxygen atoms in total. The van der Waals surface area contributed by atoms with E-state index in [0.29, 0.717) is 13.1 Å². The molecule has 1 N–H and O–H groups in total. The van der Waals surface area contributed by atoms with Crippen molar-refractivity contribution in [1.29, 1.82) is 0 Å². The molecular weight excluding hydrogens is 262 g/mol. The quantitative estimate of drug-likeness (QED) is 0.828. The lowest BCUT2D eigenvalue weighted by molar-refractivity contribution is -0.125. The third kappa shape index (κ3) is 3.89. The number of hydrogen-bond donors (Lipinski definition) is 1. The topological polar surface area (TPSA) is 45.2 Å². The Bertz CT molecular complexity index is 639. The summed E-state index contributed by atoms with van der Waals surface area (Å²) < 4.78 is 0. The molecule has 0 fully saturated rings. The Morgan fingerprint density at radius 1 is 1.38 bits per heavy atom. The number of nitrogens with one attached hydrogen (secondary N) is 1. The van der Waals surface area contributed by atoms with E-state index in [0.717, 1.165) is 16.6 Å². The van der Waals surface area contributed by atoms with Gasteiger partial charge in [0, 0.05) is 18.5 Å². The number of amides is 1. The minimum Gasteiger partial charge on any atom is -0.351 e. The van der Waals surface area contributed by atoms with Crippen LogP contribution in [0.25, 0.3) is 10.9 Å². The maximum absolute atomic E-state index is 11.9. The minimum atomic E-state index is -0.210. The van der Waals surface area contributed by atoms with Gasteiger partial charge < -0.3 is 5.32 Å². The second-order valence-corrected chi connectivity index (χ2v) is 5.12. The van der Waals surface area contributed by atoms with E-state index >= 15 is 0 Å². The largest absolute Gasteiger partial charge is 0.351 e. The number of carbonyl (C=O) groups is 1. The number of aromatic nitrogens is 1. The Labute approximate surface area is 125 Å². The van der Waals surface area contributed by atoms with E-state index in [1.54, 1.807) is 6.08 Å². The lowest BCUT2D eigenvalue weighted by atomic mass is 10.2. The van der Waals surface area contributed by atoms with Crippen LogP contribution in [-0.4, -0.2) is 35.4 Å². The van der Waals surface area contributed by atoms with E-state index in [4.69, 9.17) is 0 Å². The molecule has 0 saturated carbocycles. The molecule has 1 aromatic carbocycles. The van der Waals surface area contributed by atoms with E-state index < -0.39 is 0 Å². The van der Waals surface area contributed by atoms with Crippen LogP contribution >= 0.6 is 0 Å². The average molecular weight is 283 g/mol. The molecule has 1 amide bonds. The van der Waals surface area contributed by atoms with Crippen LogP contribution in [0.5, 0.6) is 0 Å². The molecule has 0 radical (unpaired) electrons. The molecule has 0 saturated heterocycles. The summed E-state index contributed by atoms with van der Waals surface area (Å²) in [6.45, 7) is 6.61. The van der Waals surface area contributed by atoms with Crippen molar-refractivity contribution >= 4 is 16.8 Å². The molecule has 1 atom stereocenters. The number of pyridine rings is 1. The summed E-state index contributed by atoms with van der Waals surface area (Å²) in [6, 6.07) is 11.9. The lowest BCUT2D eigenvalue weighted by Gasteiger charge is -2.23. The molecule has 2 aromatic rings. The highest BCUT2D eigenvalue weighted by molar-refractivity contribution is 5.81. The smallest absolute Gasteiger partial charge is 0.237 e. The summed E-state index contributed by atoms with van der Waals surface area (Å²) in [7, 11) is 1.93. The normalized spacial score (nSPS) is 12.3. The Morgan fingerprint density at radius 3 is 2.90 bits per heavy atom. The Morgan fingerprint density at radius 2 is 2.14 bits per heavy atom. The van der Waals surface area contributed by atoms with E-state index in [1.807, 2.05) is 49.2 Å². The number of likely N-dealkylation sites (N-methyl/N-ethyl adjacent to an activating group) is 1. The fourth-order valence-electron chi connectivity index (χ4n) is 2.11. The van der Waals surface area contributed by atoms with E-state index in [1.165, 1.54) is 0 Å². The van der Waals surface area contributed by atoms with Crippen molar-refractivity contribution in [2.24, 2.45) is 0 Å². The first kappa shape index (κ1) is 15.2. The zero-order valence-corrected chi connectivity index (χ0v) is 12.5. The number of carbonyl (C=O) groups excluding carboxylic acids is 1. The highest BCUT2D eigenvalue weighted by Gasteiger charge is 2.17. The SMILES string of the molecule is C=CCNC(=O)C(C)N(C)Cc1ccc2ccccc2n1.